The molecule has 0 bridgehead atoms. The van der Waals surface area contributed by atoms with Crippen molar-refractivity contribution in [1.29, 1.82) is 0 Å². The Morgan fingerprint density at radius 2 is 1.93 bits per heavy atom. The average Bonchev–Trinajstić information content (AvgIpc) is 3.21. The molecule has 0 saturated carbocycles. The van der Waals surface area contributed by atoms with E-state index in [1.165, 1.54) is 4.90 Å². The molecule has 154 valence electrons. The predicted molar refractivity (Wildman–Crippen MR) is 107 cm³/mol. The number of benzene rings is 1. The third kappa shape index (κ3) is 3.12. The molecule has 2 aromatic rings. The van der Waals surface area contributed by atoms with Gasteiger partial charge >= 0.3 is 12.1 Å². The number of carboxylic acid groups (broad SMARTS) is 1. The lowest BCUT2D eigenvalue weighted by Gasteiger charge is -2.44. The van der Waals surface area contributed by atoms with Gasteiger partial charge in [-0.3, -0.25) is 9.89 Å². The van der Waals surface area contributed by atoms with Crippen molar-refractivity contribution in [2.75, 3.05) is 31.1 Å². The number of H-pyrrole nitrogens is 1. The van der Waals surface area contributed by atoms with Crippen LogP contribution in [-0.2, 0) is 16.6 Å². The van der Waals surface area contributed by atoms with Crippen LogP contribution in [0.25, 0.3) is 0 Å². The monoisotopic (exact) mass is 398 g/mol. The predicted octanol–water partition coefficient (Wildman–Crippen LogP) is 2.66. The van der Waals surface area contributed by atoms with Crippen LogP contribution in [0.2, 0.25) is 0 Å². The highest BCUT2D eigenvalue weighted by Gasteiger charge is 2.55. The molecule has 29 heavy (non-hydrogen) atoms. The Labute approximate surface area is 169 Å². The van der Waals surface area contributed by atoms with E-state index in [1.807, 2.05) is 45.0 Å². The number of carbonyl (C=O) groups excluding carboxylic acids is 1. The standard InChI is InChI=1S/C21H26N4O4/c1-20(2,3)21(17-6-7-22-23-17)13-14-4-5-15(12-16(14)29-18(21)26)24-8-10-25(11-9-24)19(27)28/h4-7,12H,8-11,13H2,1-3H3,(H,22,23)(H,27,28). The molecular formula is C21H26N4O4. The minimum atomic E-state index is -0.888. The van der Waals surface area contributed by atoms with Gasteiger partial charge in [0.15, 0.2) is 0 Å². The number of anilines is 1. The Kier molecular flexibility index (Phi) is 4.52. The number of hydrogen-bond donors (Lipinski definition) is 2. The fraction of sp³-hybridized carbons (Fsp3) is 0.476. The molecule has 1 unspecified atom stereocenters. The first-order valence-corrected chi connectivity index (χ1v) is 9.80. The number of nitrogens with one attached hydrogen (secondary N) is 1. The minimum Gasteiger partial charge on any atom is -0.465 e. The van der Waals surface area contributed by atoms with Crippen molar-refractivity contribution < 1.29 is 19.4 Å². The van der Waals surface area contributed by atoms with E-state index in [4.69, 9.17) is 9.84 Å². The van der Waals surface area contributed by atoms with Crippen molar-refractivity contribution >= 4 is 17.7 Å². The lowest BCUT2D eigenvalue weighted by molar-refractivity contribution is -0.147. The van der Waals surface area contributed by atoms with Gasteiger partial charge in [-0.25, -0.2) is 4.79 Å². The van der Waals surface area contributed by atoms with Crippen molar-refractivity contribution in [3.05, 3.63) is 41.7 Å². The molecule has 2 aliphatic rings. The number of rotatable bonds is 2. The van der Waals surface area contributed by atoms with Crippen LogP contribution in [0.15, 0.2) is 30.5 Å². The molecule has 1 saturated heterocycles. The summed E-state index contributed by atoms with van der Waals surface area (Å²) in [6, 6.07) is 7.77. The van der Waals surface area contributed by atoms with Gasteiger partial charge in [-0.2, -0.15) is 5.10 Å². The molecule has 1 amide bonds. The molecule has 2 N–H and O–H groups in total. The number of nitrogens with zero attached hydrogens (tertiary/aromatic N) is 3. The van der Waals surface area contributed by atoms with E-state index < -0.39 is 11.5 Å². The molecule has 0 aliphatic carbocycles. The van der Waals surface area contributed by atoms with E-state index in [2.05, 4.69) is 15.1 Å². The normalized spacial score (nSPS) is 22.2. The summed E-state index contributed by atoms with van der Waals surface area (Å²) in [6.45, 7) is 8.25. The highest BCUT2D eigenvalue weighted by molar-refractivity contribution is 5.88. The number of hydrogen-bond acceptors (Lipinski definition) is 5. The quantitative estimate of drug-likeness (QED) is 0.596. The maximum absolute atomic E-state index is 13.3. The number of esters is 1. The van der Waals surface area contributed by atoms with Crippen LogP contribution < -0.4 is 9.64 Å². The van der Waals surface area contributed by atoms with E-state index >= 15 is 0 Å². The lowest BCUT2D eigenvalue weighted by atomic mass is 9.61. The summed E-state index contributed by atoms with van der Waals surface area (Å²) in [4.78, 5) is 27.9. The highest BCUT2D eigenvalue weighted by Crippen LogP contribution is 2.49. The first-order chi connectivity index (χ1) is 13.7. The molecule has 8 nitrogen and oxygen atoms in total. The van der Waals surface area contributed by atoms with Crippen LogP contribution >= 0.6 is 0 Å². The van der Waals surface area contributed by atoms with Gasteiger partial charge in [-0.1, -0.05) is 26.8 Å². The summed E-state index contributed by atoms with van der Waals surface area (Å²) in [5, 5.41) is 16.2. The molecule has 8 heteroatoms. The van der Waals surface area contributed by atoms with Crippen molar-refractivity contribution in [2.45, 2.75) is 32.6 Å². The van der Waals surface area contributed by atoms with E-state index in [1.54, 1.807) is 6.20 Å². The van der Waals surface area contributed by atoms with Crippen molar-refractivity contribution in [1.82, 2.24) is 15.1 Å². The second-order valence-electron chi connectivity index (χ2n) is 8.74. The first kappa shape index (κ1) is 19.3. The maximum Gasteiger partial charge on any atom is 0.407 e. The van der Waals surface area contributed by atoms with Gasteiger partial charge in [0, 0.05) is 44.1 Å². The molecule has 3 heterocycles. The third-order valence-electron chi connectivity index (χ3n) is 6.21. The number of carbonyl (C=O) groups is 2. The van der Waals surface area contributed by atoms with Crippen LogP contribution in [0.3, 0.4) is 0 Å². The van der Waals surface area contributed by atoms with Gasteiger partial charge in [-0.15, -0.1) is 0 Å². The summed E-state index contributed by atoms with van der Waals surface area (Å²) < 4.78 is 5.87. The second kappa shape index (κ2) is 6.79. The van der Waals surface area contributed by atoms with E-state index in [-0.39, 0.29) is 11.4 Å². The number of aromatic amines is 1. The molecule has 0 radical (unpaired) electrons. The lowest BCUT2D eigenvalue weighted by Crippen LogP contribution is -2.53. The first-order valence-electron chi connectivity index (χ1n) is 9.80. The van der Waals surface area contributed by atoms with Gasteiger partial charge in [-0.05, 0) is 29.5 Å². The van der Waals surface area contributed by atoms with E-state index in [0.29, 0.717) is 38.3 Å². The Balaban J connectivity index is 1.63. The summed E-state index contributed by atoms with van der Waals surface area (Å²) in [7, 11) is 0. The fourth-order valence-corrected chi connectivity index (χ4v) is 4.36. The summed E-state index contributed by atoms with van der Waals surface area (Å²) >= 11 is 0. The van der Waals surface area contributed by atoms with E-state index in [0.717, 1.165) is 16.9 Å². The van der Waals surface area contributed by atoms with Crippen LogP contribution in [0.5, 0.6) is 5.75 Å². The largest absolute Gasteiger partial charge is 0.465 e. The van der Waals surface area contributed by atoms with Crippen LogP contribution in [0, 0.1) is 5.41 Å². The van der Waals surface area contributed by atoms with Gasteiger partial charge in [0.1, 0.15) is 11.2 Å². The van der Waals surface area contributed by atoms with Crippen LogP contribution in [0.4, 0.5) is 10.5 Å². The van der Waals surface area contributed by atoms with Gasteiger partial charge < -0.3 is 19.6 Å². The highest BCUT2D eigenvalue weighted by atomic mass is 16.5. The van der Waals surface area contributed by atoms with Crippen molar-refractivity contribution in [3.8, 4) is 5.75 Å². The van der Waals surface area contributed by atoms with E-state index in [9.17, 15) is 9.59 Å². The molecule has 1 fully saturated rings. The molecule has 1 aromatic carbocycles. The SMILES string of the molecule is CC(C)(C)C1(c2ccn[nH]2)Cc2ccc(N3CCN(C(=O)O)CC3)cc2OC1=O. The minimum absolute atomic E-state index is 0.283. The zero-order valence-corrected chi connectivity index (χ0v) is 16.9. The smallest absolute Gasteiger partial charge is 0.407 e. The molecule has 4 rings (SSSR count). The zero-order valence-electron chi connectivity index (χ0n) is 16.9. The van der Waals surface area contributed by atoms with Crippen LogP contribution in [0.1, 0.15) is 32.0 Å². The average molecular weight is 398 g/mol. The molecule has 0 spiro atoms. The number of fused-ring (bicyclic) bond motifs is 1. The molecular weight excluding hydrogens is 372 g/mol. The van der Waals surface area contributed by atoms with Crippen molar-refractivity contribution in [2.24, 2.45) is 5.41 Å². The maximum atomic E-state index is 13.3. The number of ether oxygens (including phenoxy) is 1. The summed E-state index contributed by atoms with van der Waals surface area (Å²) in [5.74, 6) is 0.294. The molecule has 2 aliphatic heterocycles. The van der Waals surface area contributed by atoms with Gasteiger partial charge in [0.05, 0.1) is 5.69 Å². The Morgan fingerprint density at radius 3 is 2.52 bits per heavy atom. The van der Waals surface area contributed by atoms with Crippen LogP contribution in [-0.4, -0.2) is 58.4 Å². The number of piperazine rings is 1. The Hall–Kier alpha value is -3.03. The molecule has 1 aromatic heterocycles. The number of amides is 1. The Bertz CT molecular complexity index is 927. The molecule has 1 atom stereocenters. The van der Waals surface area contributed by atoms with Gasteiger partial charge in [0.25, 0.3) is 0 Å². The second-order valence-corrected chi connectivity index (χ2v) is 8.74. The zero-order chi connectivity index (χ0) is 20.8. The summed E-state index contributed by atoms with van der Waals surface area (Å²) in [5.41, 5.74) is 1.45. The summed E-state index contributed by atoms with van der Waals surface area (Å²) in [6.07, 6.45) is 1.30. The fourth-order valence-electron chi connectivity index (χ4n) is 4.36. The number of aromatic nitrogens is 2. The van der Waals surface area contributed by atoms with Crippen molar-refractivity contribution in [3.63, 3.8) is 0 Å². The van der Waals surface area contributed by atoms with Gasteiger partial charge in [0.2, 0.25) is 0 Å². The Morgan fingerprint density at radius 1 is 1.21 bits per heavy atom. The third-order valence-corrected chi connectivity index (χ3v) is 6.21. The topological polar surface area (TPSA) is 98.8 Å².